The predicted molar refractivity (Wildman–Crippen MR) is 357 cm³/mol. The van der Waals surface area contributed by atoms with Crippen LogP contribution in [0.25, 0.3) is 22.0 Å². The van der Waals surface area contributed by atoms with Crippen LogP contribution < -0.4 is 52.4 Å². The number of hydrogen-bond donors (Lipinski definition) is 13. The summed E-state index contributed by atoms with van der Waals surface area (Å²) in [5.41, 5.74) is 8.45. The second kappa shape index (κ2) is 29.5. The van der Waals surface area contributed by atoms with Gasteiger partial charge in [0.2, 0.25) is 47.3 Å². The van der Waals surface area contributed by atoms with Gasteiger partial charge in [0.15, 0.2) is 23.0 Å². The molecule has 14 N–H and O–H groups in total. The van der Waals surface area contributed by atoms with Gasteiger partial charge in [0.1, 0.15) is 65.3 Å². The van der Waals surface area contributed by atoms with Crippen LogP contribution in [0.3, 0.4) is 0 Å². The Labute approximate surface area is 557 Å². The normalized spacial score (nSPS) is 19.1. The van der Waals surface area contributed by atoms with Crippen LogP contribution >= 0.6 is 0 Å². The number of amides is 8. The van der Waals surface area contributed by atoms with Crippen molar-refractivity contribution < 1.29 is 68.3 Å². The molecule has 0 saturated carbocycles. The van der Waals surface area contributed by atoms with E-state index in [0.717, 1.165) is 4.90 Å². The maximum absolute atomic E-state index is 16.0. The molecule has 7 atom stereocenters. The van der Waals surface area contributed by atoms with Crippen molar-refractivity contribution in [1.29, 1.82) is 0 Å². The molecular weight excluding hydrogens is 1240 g/mol. The third-order valence-electron chi connectivity index (χ3n) is 17.4. The van der Waals surface area contributed by atoms with Crippen LogP contribution in [0.1, 0.15) is 101 Å². The van der Waals surface area contributed by atoms with Gasteiger partial charge in [-0.1, -0.05) is 73.2 Å². The molecule has 1 aromatic heterocycles. The highest BCUT2D eigenvalue weighted by atomic mass is 16.5. The van der Waals surface area contributed by atoms with Crippen molar-refractivity contribution in [2.75, 3.05) is 40.8 Å². The van der Waals surface area contributed by atoms with Crippen LogP contribution in [0.2, 0.25) is 0 Å². The Bertz CT molecular complexity index is 4280. The minimum Gasteiger partial charge on any atom is -0.508 e. The van der Waals surface area contributed by atoms with Gasteiger partial charge in [0.05, 0.1) is 0 Å². The van der Waals surface area contributed by atoms with Gasteiger partial charge in [-0.3, -0.25) is 38.4 Å². The first kappa shape index (κ1) is 67.0. The van der Waals surface area contributed by atoms with Crippen molar-refractivity contribution >= 4 is 58.2 Å². The number of carbonyl (C=O) groups is 8. The molecule has 1 unspecified atom stereocenters. The zero-order valence-corrected chi connectivity index (χ0v) is 53.4. The number of ether oxygens (including phenoxy) is 2. The molecule has 0 spiro atoms. The first-order valence-electron chi connectivity index (χ1n) is 31.8. The molecule has 6 aliphatic rings. The Morgan fingerprint density at radius 1 is 0.639 bits per heavy atom. The van der Waals surface area contributed by atoms with Crippen LogP contribution in [0.15, 0.2) is 152 Å². The highest BCUT2D eigenvalue weighted by molar-refractivity contribution is 6.00. The van der Waals surface area contributed by atoms with E-state index in [2.05, 4.69) is 42.2 Å². The Kier molecular flexibility index (Phi) is 20.3. The number of aromatic amines is 1. The van der Waals surface area contributed by atoms with Crippen LogP contribution in [0.4, 0.5) is 0 Å². The molecule has 8 amide bonds. The number of phenols is 4. The minimum atomic E-state index is -1.88. The second-order valence-electron chi connectivity index (χ2n) is 24.6. The summed E-state index contributed by atoms with van der Waals surface area (Å²) in [6.45, 7) is 1.31. The van der Waals surface area contributed by atoms with Gasteiger partial charge < -0.3 is 87.6 Å². The number of H-pyrrole nitrogens is 1. The van der Waals surface area contributed by atoms with E-state index in [1.807, 2.05) is 19.0 Å². The summed E-state index contributed by atoms with van der Waals surface area (Å²) in [5, 5.41) is 64.9. The van der Waals surface area contributed by atoms with Gasteiger partial charge in [-0.25, -0.2) is 0 Å². The first-order valence-corrected chi connectivity index (χ1v) is 31.8. The quantitative estimate of drug-likeness (QED) is 0.0512. The summed E-state index contributed by atoms with van der Waals surface area (Å²) in [6.07, 6.45) is 3.68. The third kappa shape index (κ3) is 15.5. The topological polar surface area (TPSA) is 368 Å². The van der Waals surface area contributed by atoms with E-state index in [4.69, 9.17) is 15.2 Å². The molecule has 15 bridgehead atoms. The van der Waals surface area contributed by atoms with E-state index >= 15 is 24.0 Å². The minimum absolute atomic E-state index is 0.0223. The van der Waals surface area contributed by atoms with E-state index in [9.17, 15) is 34.8 Å². The van der Waals surface area contributed by atoms with Gasteiger partial charge in [-0.2, -0.15) is 0 Å². The summed E-state index contributed by atoms with van der Waals surface area (Å²) in [7, 11) is 5.17. The number of aromatic nitrogens is 1. The number of aromatic hydroxyl groups is 4. The van der Waals surface area contributed by atoms with Crippen LogP contribution in [0, 0.1) is 0 Å². The molecular formula is C72H75N11O14. The molecule has 14 rings (SSSR count). The number of nitrogens with zero attached hydrogens (tertiary/aromatic N) is 2. The molecule has 0 fully saturated rings. The number of fused-ring (bicyclic) bond motifs is 14. The van der Waals surface area contributed by atoms with Gasteiger partial charge in [0, 0.05) is 55.5 Å². The van der Waals surface area contributed by atoms with Crippen LogP contribution in [0.5, 0.6) is 46.0 Å². The van der Waals surface area contributed by atoms with E-state index < -0.39 is 95.3 Å². The Morgan fingerprint density at radius 3 is 1.96 bits per heavy atom. The van der Waals surface area contributed by atoms with E-state index in [1.165, 1.54) is 110 Å². The Hall–Kier alpha value is -11.4. The van der Waals surface area contributed by atoms with E-state index in [1.54, 1.807) is 48.7 Å². The fourth-order valence-corrected chi connectivity index (χ4v) is 12.1. The zero-order chi connectivity index (χ0) is 68.6. The number of carbonyl (C=O) groups excluding carboxylic acids is 8. The third-order valence-corrected chi connectivity index (χ3v) is 17.4. The largest absolute Gasteiger partial charge is 0.508 e. The molecule has 25 nitrogen and oxygen atoms in total. The lowest BCUT2D eigenvalue weighted by molar-refractivity contribution is -0.143. The molecule has 502 valence electrons. The number of hydrogen-bond acceptors (Lipinski definition) is 16. The fraction of sp³-hybridized carbons (Fsp3) is 0.278. The smallest absolute Gasteiger partial charge is 0.250 e. The monoisotopic (exact) mass is 1320 g/mol. The SMILES string of the molecule is CN(C)CCCNC(=O)[C@@H]1NC(=O)[C@@H]2Cc3ccc(cc3)Oc3cc4cc(c3O)-c3ccc5c(c[nH]c5c3)C[C@@H](NC(=O)C(NC(=O)CCCCCN)c3ccc(O)cc3)C(=O)N[C@H](c3ccc(O)cc3)C(=O)N[C@H]4C(=O)N[C@@H](C(=O)N2C)c2ccc(cc2)Oc2cc1ccc2O. The fourth-order valence-electron chi connectivity index (χ4n) is 12.1. The maximum Gasteiger partial charge on any atom is 0.250 e. The molecule has 97 heavy (non-hydrogen) atoms. The number of phenolic OH excluding ortho intramolecular Hbond substituents is 4. The molecule has 0 aliphatic carbocycles. The maximum atomic E-state index is 16.0. The molecule has 6 aliphatic heterocycles. The average molecular weight is 1320 g/mol. The van der Waals surface area contributed by atoms with E-state index in [0.29, 0.717) is 66.4 Å². The standard InChI is InChI=1S/C72H75N11O14/c1-82(2)31-7-30-74-68(91)62-44-18-28-56(86)57(36-44)96-50-25-15-42(16-26-50)64-72(95)83(3)55(67(90)79-62)32-39-9-23-49(24-10-39)97-58-37-45-33-52(65(58)88)43-17-27-51-46(38-75-53(51)34-43)35-54(66(89)78-61(41-13-21-48(85)22-14-41)70(93)80-63(45)71(94)81-64)76-69(92)60(40-11-19-47(84)20-12-40)77-59(87)8-5-4-6-29-73/h9-28,33-34,36-38,54-55,60-64,75,84-86,88H,4-8,29-32,35,73H2,1-3H3,(H,74,91)(H,76,92)(H,77,87)(H,78,89)(H,79,90)(H,80,93)(H,81,94)/t54-,55+,60?,61-,62-,63-,64-/m1/s1. The Balaban J connectivity index is 1.04. The van der Waals surface area contributed by atoms with Crippen LogP contribution in [-0.2, 0) is 51.2 Å². The van der Waals surface area contributed by atoms with E-state index in [-0.39, 0.29) is 99.4 Å². The molecule has 0 radical (unpaired) electrons. The number of rotatable bonds is 15. The lowest BCUT2D eigenvalue weighted by Crippen LogP contribution is -2.55. The number of likely N-dealkylation sites (N-methyl/N-ethyl adjacent to an activating group) is 1. The number of benzene rings is 7. The lowest BCUT2D eigenvalue weighted by atomic mass is 9.94. The van der Waals surface area contributed by atoms with Crippen molar-refractivity contribution in [2.45, 2.75) is 87.2 Å². The average Bonchev–Trinajstić information content (AvgIpc) is 1.70. The molecule has 7 heterocycles. The molecule has 0 saturated heterocycles. The van der Waals surface area contributed by atoms with Gasteiger partial charge in [-0.05, 0) is 170 Å². The molecule has 8 aromatic rings. The van der Waals surface area contributed by atoms with Crippen molar-refractivity contribution in [1.82, 2.24) is 52.0 Å². The van der Waals surface area contributed by atoms with Crippen molar-refractivity contribution in [3.8, 4) is 57.1 Å². The zero-order valence-electron chi connectivity index (χ0n) is 53.4. The Morgan fingerprint density at radius 2 is 1.26 bits per heavy atom. The molecule has 7 aromatic carbocycles. The summed E-state index contributed by atoms with van der Waals surface area (Å²) in [6, 6.07) is 24.5. The van der Waals surface area contributed by atoms with Crippen molar-refractivity contribution in [3.05, 3.63) is 191 Å². The number of nitrogens with two attached hydrogens (primary N) is 1. The number of unbranched alkanes of at least 4 members (excludes halogenated alkanes) is 2. The van der Waals surface area contributed by atoms with Gasteiger partial charge in [0.25, 0.3) is 0 Å². The van der Waals surface area contributed by atoms with Crippen LogP contribution in [-0.4, -0.2) is 135 Å². The highest BCUT2D eigenvalue weighted by Gasteiger charge is 2.40. The predicted octanol–water partition coefficient (Wildman–Crippen LogP) is 6.15. The first-order chi connectivity index (χ1) is 46.7. The number of nitrogens with one attached hydrogen (secondary N) is 8. The van der Waals surface area contributed by atoms with Gasteiger partial charge in [-0.15, -0.1) is 0 Å². The van der Waals surface area contributed by atoms with Crippen molar-refractivity contribution in [2.24, 2.45) is 5.73 Å². The summed E-state index contributed by atoms with van der Waals surface area (Å²) < 4.78 is 12.7. The van der Waals surface area contributed by atoms with Crippen molar-refractivity contribution in [3.63, 3.8) is 0 Å². The summed E-state index contributed by atoms with van der Waals surface area (Å²) in [4.78, 5) is 127. The summed E-state index contributed by atoms with van der Waals surface area (Å²) in [5.74, 6) is -7.47. The van der Waals surface area contributed by atoms with Gasteiger partial charge >= 0.3 is 0 Å². The lowest BCUT2D eigenvalue weighted by Gasteiger charge is -2.33. The highest BCUT2D eigenvalue weighted by Crippen LogP contribution is 2.44. The molecule has 25 heteroatoms. The summed E-state index contributed by atoms with van der Waals surface area (Å²) >= 11 is 0. The second-order valence-corrected chi connectivity index (χ2v) is 24.6.